The third kappa shape index (κ3) is 5.75. The third-order valence-corrected chi connectivity index (χ3v) is 8.47. The van der Waals surface area contributed by atoms with E-state index in [2.05, 4.69) is 0 Å². The Morgan fingerprint density at radius 1 is 1.02 bits per heavy atom. The first-order valence-electron chi connectivity index (χ1n) is 13.5. The highest BCUT2D eigenvalue weighted by Gasteiger charge is 2.34. The van der Waals surface area contributed by atoms with E-state index < -0.39 is 18.0 Å². The van der Waals surface area contributed by atoms with Crippen molar-refractivity contribution < 1.29 is 23.8 Å². The van der Waals surface area contributed by atoms with E-state index in [-0.39, 0.29) is 25.4 Å². The van der Waals surface area contributed by atoms with Crippen LogP contribution in [-0.4, -0.2) is 36.3 Å². The lowest BCUT2D eigenvalue weighted by Crippen LogP contribution is -2.39. The van der Waals surface area contributed by atoms with Gasteiger partial charge in [-0.05, 0) is 54.6 Å². The summed E-state index contributed by atoms with van der Waals surface area (Å²) in [4.78, 5) is 45.6. The molecule has 4 aromatic rings. The van der Waals surface area contributed by atoms with Crippen LogP contribution in [0, 0.1) is 0 Å². The minimum absolute atomic E-state index is 0.221. The van der Waals surface area contributed by atoms with Crippen LogP contribution >= 0.6 is 22.7 Å². The molecular weight excluding hydrogens is 560 g/mol. The number of hydrogen-bond donors (Lipinski definition) is 0. The van der Waals surface area contributed by atoms with Crippen LogP contribution < -0.4 is 19.6 Å². The summed E-state index contributed by atoms with van der Waals surface area (Å²) in [6, 6.07) is 14.7. The Labute approximate surface area is 244 Å². The molecule has 3 heterocycles. The van der Waals surface area contributed by atoms with E-state index >= 15 is 0 Å². The summed E-state index contributed by atoms with van der Waals surface area (Å²) in [6.07, 6.45) is 3.15. The molecule has 2 aromatic carbocycles. The van der Waals surface area contributed by atoms with Gasteiger partial charge in [-0.3, -0.25) is 9.36 Å². The zero-order valence-corrected chi connectivity index (χ0v) is 24.7. The Hall–Kier alpha value is -4.02. The van der Waals surface area contributed by atoms with E-state index in [9.17, 15) is 14.4 Å². The van der Waals surface area contributed by atoms with Gasteiger partial charge in [-0.2, -0.15) is 0 Å². The number of aromatic nitrogens is 1. The van der Waals surface area contributed by atoms with Crippen LogP contribution in [0.1, 0.15) is 50.1 Å². The first kappa shape index (κ1) is 28.5. The molecule has 1 aliphatic heterocycles. The molecule has 10 heteroatoms. The Bertz CT molecular complexity index is 1800. The second kappa shape index (κ2) is 12.7. The van der Waals surface area contributed by atoms with E-state index in [1.54, 1.807) is 30.6 Å². The molecular formula is C31H30N2O6S2. The number of hydrogen-bond acceptors (Lipinski definition) is 9. The SMILES string of the molecule is CCCC1=C(C(=O)OCC)[C@H](c2cccs2)n2c(s/c(=C\c3c(OCC(=O)OCC)ccc4ccccc34)c2=O)=N1. The molecule has 0 bridgehead atoms. The van der Waals surface area contributed by atoms with Crippen molar-refractivity contribution in [1.82, 2.24) is 4.57 Å². The number of thiophene rings is 1. The molecule has 212 valence electrons. The van der Waals surface area contributed by atoms with Crippen LogP contribution in [0.25, 0.3) is 16.8 Å². The lowest BCUT2D eigenvalue weighted by Gasteiger charge is -2.24. The molecule has 0 fully saturated rings. The van der Waals surface area contributed by atoms with Crippen LogP contribution in [-0.2, 0) is 19.1 Å². The number of benzene rings is 2. The number of carbonyl (C=O) groups excluding carboxylic acids is 2. The maximum atomic E-state index is 14.1. The number of thiazole rings is 1. The van der Waals surface area contributed by atoms with E-state index in [0.29, 0.717) is 38.3 Å². The van der Waals surface area contributed by atoms with Gasteiger partial charge in [0.15, 0.2) is 11.4 Å². The molecule has 41 heavy (non-hydrogen) atoms. The van der Waals surface area contributed by atoms with Crippen molar-refractivity contribution in [1.29, 1.82) is 0 Å². The Balaban J connectivity index is 1.72. The molecule has 0 N–H and O–H groups in total. The van der Waals surface area contributed by atoms with Gasteiger partial charge in [-0.15, -0.1) is 11.3 Å². The van der Waals surface area contributed by atoms with Gasteiger partial charge in [-0.25, -0.2) is 14.6 Å². The van der Waals surface area contributed by atoms with Gasteiger partial charge in [0.05, 0.1) is 29.0 Å². The van der Waals surface area contributed by atoms with Crippen molar-refractivity contribution in [3.8, 4) is 5.75 Å². The summed E-state index contributed by atoms with van der Waals surface area (Å²) in [7, 11) is 0. The standard InChI is InChI=1S/C31H30N2O6S2/c1-4-10-22-27(30(36)38-6-3)28(24-13-9-16-40-24)33-29(35)25(41-31(33)32-22)17-21-20-12-8-7-11-19(20)14-15-23(21)39-18-26(34)37-5-2/h7-9,11-17,28H,4-6,10,18H2,1-3H3/b25-17-/t28-/m0/s1. The Morgan fingerprint density at radius 3 is 2.56 bits per heavy atom. The molecule has 1 atom stereocenters. The van der Waals surface area contributed by atoms with Gasteiger partial charge in [0, 0.05) is 10.4 Å². The highest BCUT2D eigenvalue weighted by Crippen LogP contribution is 2.35. The van der Waals surface area contributed by atoms with Gasteiger partial charge in [0.2, 0.25) is 0 Å². The zero-order valence-electron chi connectivity index (χ0n) is 23.0. The molecule has 0 radical (unpaired) electrons. The molecule has 0 saturated heterocycles. The number of carbonyl (C=O) groups is 2. The molecule has 5 rings (SSSR count). The monoisotopic (exact) mass is 590 g/mol. The predicted molar refractivity (Wildman–Crippen MR) is 160 cm³/mol. The van der Waals surface area contributed by atoms with Crippen molar-refractivity contribution in [3.05, 3.63) is 95.3 Å². The van der Waals surface area contributed by atoms with E-state index in [0.717, 1.165) is 22.1 Å². The summed E-state index contributed by atoms with van der Waals surface area (Å²) in [5.41, 5.74) is 1.44. The number of allylic oxidation sites excluding steroid dienone is 1. The van der Waals surface area contributed by atoms with Gasteiger partial charge < -0.3 is 14.2 Å². The van der Waals surface area contributed by atoms with E-state index in [1.165, 1.54) is 22.7 Å². The lowest BCUT2D eigenvalue weighted by molar-refractivity contribution is -0.145. The quantitative estimate of drug-likeness (QED) is 0.248. The predicted octanol–water partition coefficient (Wildman–Crippen LogP) is 4.74. The Kier molecular flexibility index (Phi) is 8.80. The van der Waals surface area contributed by atoms with Crippen LogP contribution in [0.2, 0.25) is 0 Å². The lowest BCUT2D eigenvalue weighted by atomic mass is 9.99. The minimum Gasteiger partial charge on any atom is -0.481 e. The topological polar surface area (TPSA) is 96.2 Å². The van der Waals surface area contributed by atoms with Crippen molar-refractivity contribution in [3.63, 3.8) is 0 Å². The van der Waals surface area contributed by atoms with E-state index in [4.69, 9.17) is 19.2 Å². The number of fused-ring (bicyclic) bond motifs is 2. The second-order valence-electron chi connectivity index (χ2n) is 9.22. The molecule has 1 aliphatic rings. The number of nitrogens with zero attached hydrogens (tertiary/aromatic N) is 2. The largest absolute Gasteiger partial charge is 0.481 e. The fraction of sp³-hybridized carbons (Fsp3) is 0.290. The molecule has 0 aliphatic carbocycles. The van der Waals surface area contributed by atoms with E-state index in [1.807, 2.05) is 54.8 Å². The molecule has 0 spiro atoms. The minimum atomic E-state index is -0.638. The van der Waals surface area contributed by atoms with Crippen LogP contribution in [0.15, 0.2) is 75.0 Å². The van der Waals surface area contributed by atoms with Gasteiger partial charge in [-0.1, -0.05) is 61.1 Å². The van der Waals surface area contributed by atoms with Gasteiger partial charge >= 0.3 is 11.9 Å². The summed E-state index contributed by atoms with van der Waals surface area (Å²) in [5, 5.41) is 3.76. The summed E-state index contributed by atoms with van der Waals surface area (Å²) >= 11 is 2.74. The fourth-order valence-electron chi connectivity index (χ4n) is 4.86. The molecule has 2 aromatic heterocycles. The zero-order chi connectivity index (χ0) is 28.9. The fourth-order valence-corrected chi connectivity index (χ4v) is 6.68. The average molecular weight is 591 g/mol. The third-order valence-electron chi connectivity index (χ3n) is 6.56. The molecule has 0 unspecified atom stereocenters. The smallest absolute Gasteiger partial charge is 0.344 e. The second-order valence-corrected chi connectivity index (χ2v) is 11.2. The highest BCUT2D eigenvalue weighted by molar-refractivity contribution is 7.10. The first-order chi connectivity index (χ1) is 20.0. The van der Waals surface area contributed by atoms with Gasteiger partial charge in [0.1, 0.15) is 11.8 Å². The van der Waals surface area contributed by atoms with Crippen LogP contribution in [0.4, 0.5) is 0 Å². The van der Waals surface area contributed by atoms with Gasteiger partial charge in [0.25, 0.3) is 5.56 Å². The molecule has 8 nitrogen and oxygen atoms in total. The van der Waals surface area contributed by atoms with Crippen LogP contribution in [0.3, 0.4) is 0 Å². The number of esters is 2. The maximum Gasteiger partial charge on any atom is 0.344 e. The number of ether oxygens (including phenoxy) is 3. The van der Waals surface area contributed by atoms with Crippen molar-refractivity contribution >= 4 is 51.5 Å². The van der Waals surface area contributed by atoms with Crippen LogP contribution in [0.5, 0.6) is 5.75 Å². The maximum absolute atomic E-state index is 14.1. The molecule has 0 saturated carbocycles. The normalized spacial score (nSPS) is 15.0. The average Bonchev–Trinajstić information content (AvgIpc) is 3.61. The Morgan fingerprint density at radius 2 is 1.83 bits per heavy atom. The number of rotatable bonds is 10. The van der Waals surface area contributed by atoms with Crippen molar-refractivity contribution in [2.75, 3.05) is 19.8 Å². The summed E-state index contributed by atoms with van der Waals surface area (Å²) in [6.45, 7) is 5.75. The highest BCUT2D eigenvalue weighted by atomic mass is 32.1. The van der Waals surface area contributed by atoms with Crippen molar-refractivity contribution in [2.45, 2.75) is 39.7 Å². The molecule has 0 amide bonds. The summed E-state index contributed by atoms with van der Waals surface area (Å²) < 4.78 is 18.4. The first-order valence-corrected chi connectivity index (χ1v) is 15.2. The van der Waals surface area contributed by atoms with Crippen molar-refractivity contribution in [2.24, 2.45) is 4.99 Å². The summed E-state index contributed by atoms with van der Waals surface area (Å²) in [5.74, 6) is -0.482.